The third-order valence-corrected chi connectivity index (χ3v) is 4.10. The number of carboxylic acids is 1. The number of aromatic carboxylic acids is 1. The minimum Gasteiger partial charge on any atom is -0.478 e. The first-order valence-corrected chi connectivity index (χ1v) is 7.12. The maximum absolute atomic E-state index is 11.8. The van der Waals surface area contributed by atoms with Crippen molar-refractivity contribution < 1.29 is 14.7 Å². The third-order valence-electron chi connectivity index (χ3n) is 3.24. The Hall–Kier alpha value is -1.63. The Labute approximate surface area is 115 Å². The van der Waals surface area contributed by atoms with Crippen LogP contribution in [0.3, 0.4) is 0 Å². The summed E-state index contributed by atoms with van der Waals surface area (Å²) in [7, 11) is 0. The van der Waals surface area contributed by atoms with E-state index in [1.165, 1.54) is 6.42 Å². The zero-order valence-corrected chi connectivity index (χ0v) is 11.5. The Bertz CT molecular complexity index is 481. The molecule has 0 spiro atoms. The van der Waals surface area contributed by atoms with Gasteiger partial charge < -0.3 is 10.4 Å². The van der Waals surface area contributed by atoms with Gasteiger partial charge in [0.25, 0.3) is 0 Å². The SMILES string of the molecule is Cc1nsc(NC(=O)NC2CCCCC2)c1C(=O)O. The fourth-order valence-electron chi connectivity index (χ4n) is 2.28. The number of carboxylic acid groups (broad SMARTS) is 1. The lowest BCUT2D eigenvalue weighted by Gasteiger charge is -2.22. The van der Waals surface area contributed by atoms with E-state index in [9.17, 15) is 9.59 Å². The van der Waals surface area contributed by atoms with E-state index >= 15 is 0 Å². The first-order valence-electron chi connectivity index (χ1n) is 6.35. The Morgan fingerprint density at radius 3 is 2.63 bits per heavy atom. The Kier molecular flexibility index (Phi) is 4.36. The van der Waals surface area contributed by atoms with E-state index in [-0.39, 0.29) is 17.6 Å². The molecule has 2 rings (SSSR count). The first-order chi connectivity index (χ1) is 9.08. The molecule has 19 heavy (non-hydrogen) atoms. The lowest BCUT2D eigenvalue weighted by Crippen LogP contribution is -2.39. The summed E-state index contributed by atoms with van der Waals surface area (Å²) in [5.74, 6) is -1.07. The average molecular weight is 283 g/mol. The minimum absolute atomic E-state index is 0.0730. The van der Waals surface area contributed by atoms with Crippen LogP contribution in [0.2, 0.25) is 0 Å². The molecule has 0 aliphatic heterocycles. The highest BCUT2D eigenvalue weighted by Crippen LogP contribution is 2.24. The van der Waals surface area contributed by atoms with Crippen molar-refractivity contribution in [1.29, 1.82) is 0 Å². The molecular formula is C12H17N3O3S. The molecule has 3 N–H and O–H groups in total. The van der Waals surface area contributed by atoms with Crippen LogP contribution in [0.25, 0.3) is 0 Å². The number of nitrogens with zero attached hydrogens (tertiary/aromatic N) is 1. The highest BCUT2D eigenvalue weighted by Gasteiger charge is 2.21. The first kappa shape index (κ1) is 13.8. The van der Waals surface area contributed by atoms with Crippen molar-refractivity contribution in [1.82, 2.24) is 9.69 Å². The smallest absolute Gasteiger partial charge is 0.340 e. The summed E-state index contributed by atoms with van der Waals surface area (Å²) in [5.41, 5.74) is 0.495. The molecule has 0 unspecified atom stereocenters. The molecule has 1 aliphatic carbocycles. The number of aromatic nitrogens is 1. The molecule has 6 nitrogen and oxygen atoms in total. The molecule has 1 fully saturated rings. The second-order valence-corrected chi connectivity index (χ2v) is 5.48. The zero-order valence-electron chi connectivity index (χ0n) is 10.7. The predicted molar refractivity (Wildman–Crippen MR) is 72.8 cm³/mol. The van der Waals surface area contributed by atoms with Crippen LogP contribution < -0.4 is 10.6 Å². The van der Waals surface area contributed by atoms with Gasteiger partial charge in [-0.3, -0.25) is 5.32 Å². The van der Waals surface area contributed by atoms with Gasteiger partial charge in [-0.15, -0.1) is 0 Å². The number of nitrogens with one attached hydrogen (secondary N) is 2. The van der Waals surface area contributed by atoms with E-state index in [1.807, 2.05) is 0 Å². The predicted octanol–water partition coefficient (Wildman–Crippen LogP) is 2.60. The van der Waals surface area contributed by atoms with Gasteiger partial charge in [0.2, 0.25) is 0 Å². The summed E-state index contributed by atoms with van der Waals surface area (Å²) in [6.45, 7) is 1.62. The average Bonchev–Trinajstić information content (AvgIpc) is 2.71. The van der Waals surface area contributed by atoms with Gasteiger partial charge in [0.05, 0.1) is 5.69 Å². The minimum atomic E-state index is -1.07. The van der Waals surface area contributed by atoms with Crippen LogP contribution >= 0.6 is 11.5 Å². The number of rotatable bonds is 3. The summed E-state index contributed by atoms with van der Waals surface area (Å²) >= 11 is 0.992. The second-order valence-electron chi connectivity index (χ2n) is 4.71. The van der Waals surface area contributed by atoms with Gasteiger partial charge >= 0.3 is 12.0 Å². The van der Waals surface area contributed by atoms with Crippen LogP contribution in [0, 0.1) is 6.92 Å². The fourth-order valence-corrected chi connectivity index (χ4v) is 3.06. The van der Waals surface area contributed by atoms with E-state index in [0.717, 1.165) is 37.2 Å². The number of aryl methyl sites for hydroxylation is 1. The van der Waals surface area contributed by atoms with Crippen molar-refractivity contribution in [2.45, 2.75) is 45.1 Å². The Morgan fingerprint density at radius 1 is 1.32 bits per heavy atom. The standard InChI is InChI=1S/C12H17N3O3S/c1-7-9(11(16)17)10(19-15-7)14-12(18)13-8-5-3-2-4-6-8/h8H,2-6H2,1H3,(H,16,17)(H2,13,14,18). The highest BCUT2D eigenvalue weighted by molar-refractivity contribution is 7.11. The summed E-state index contributed by atoms with van der Waals surface area (Å²) in [6, 6.07) is -0.158. The summed E-state index contributed by atoms with van der Waals surface area (Å²) in [5, 5.41) is 14.8. The molecule has 0 aromatic carbocycles. The van der Waals surface area contributed by atoms with Gasteiger partial charge in [-0.25, -0.2) is 9.59 Å². The third kappa shape index (κ3) is 3.44. The molecular weight excluding hydrogens is 266 g/mol. The number of amides is 2. The largest absolute Gasteiger partial charge is 0.478 e. The van der Waals surface area contributed by atoms with Gasteiger partial charge in [-0.1, -0.05) is 19.3 Å². The lowest BCUT2D eigenvalue weighted by atomic mass is 9.96. The van der Waals surface area contributed by atoms with Crippen LogP contribution in [0.5, 0.6) is 0 Å². The molecule has 2 amide bonds. The van der Waals surface area contributed by atoms with Crippen molar-refractivity contribution in [3.8, 4) is 0 Å². The number of carbonyl (C=O) groups is 2. The van der Waals surface area contributed by atoms with Crippen LogP contribution in [0.15, 0.2) is 0 Å². The normalized spacial score (nSPS) is 16.1. The van der Waals surface area contributed by atoms with Crippen molar-refractivity contribution in [3.05, 3.63) is 11.3 Å². The van der Waals surface area contributed by atoms with E-state index in [2.05, 4.69) is 15.0 Å². The van der Waals surface area contributed by atoms with E-state index in [0.29, 0.717) is 10.7 Å². The fraction of sp³-hybridized carbons (Fsp3) is 0.583. The number of urea groups is 1. The molecule has 0 atom stereocenters. The molecule has 7 heteroatoms. The van der Waals surface area contributed by atoms with Crippen LogP contribution in [0.4, 0.5) is 9.80 Å². The lowest BCUT2D eigenvalue weighted by molar-refractivity contribution is 0.0697. The zero-order chi connectivity index (χ0) is 13.8. The number of anilines is 1. The van der Waals surface area contributed by atoms with Gasteiger partial charge in [0.1, 0.15) is 10.6 Å². The van der Waals surface area contributed by atoms with Crippen molar-refractivity contribution in [2.24, 2.45) is 0 Å². The maximum atomic E-state index is 11.8. The van der Waals surface area contributed by atoms with Crippen molar-refractivity contribution >= 4 is 28.5 Å². The molecule has 0 radical (unpaired) electrons. The summed E-state index contributed by atoms with van der Waals surface area (Å²) < 4.78 is 3.96. The van der Waals surface area contributed by atoms with Crippen molar-refractivity contribution in [3.63, 3.8) is 0 Å². The molecule has 1 saturated carbocycles. The maximum Gasteiger partial charge on any atom is 0.340 e. The second kappa shape index (κ2) is 6.01. The molecule has 0 bridgehead atoms. The molecule has 104 valence electrons. The Balaban J connectivity index is 1.96. The number of hydrogen-bond donors (Lipinski definition) is 3. The van der Waals surface area contributed by atoms with Crippen LogP contribution in [-0.4, -0.2) is 27.5 Å². The quantitative estimate of drug-likeness (QED) is 0.795. The summed E-state index contributed by atoms with van der Waals surface area (Å²) in [6.07, 6.45) is 5.45. The number of hydrogen-bond acceptors (Lipinski definition) is 4. The number of carbonyl (C=O) groups excluding carboxylic acids is 1. The van der Waals surface area contributed by atoms with E-state index in [4.69, 9.17) is 5.11 Å². The summed E-state index contributed by atoms with van der Waals surface area (Å²) in [4.78, 5) is 22.9. The molecule has 0 saturated heterocycles. The molecule has 1 aromatic heterocycles. The van der Waals surface area contributed by atoms with Gasteiger partial charge in [-0.2, -0.15) is 4.37 Å². The topological polar surface area (TPSA) is 91.3 Å². The van der Waals surface area contributed by atoms with Crippen LogP contribution in [-0.2, 0) is 0 Å². The molecule has 1 heterocycles. The molecule has 1 aliphatic rings. The van der Waals surface area contributed by atoms with Gasteiger partial charge in [0.15, 0.2) is 0 Å². The monoisotopic (exact) mass is 283 g/mol. The van der Waals surface area contributed by atoms with E-state index in [1.54, 1.807) is 6.92 Å². The van der Waals surface area contributed by atoms with E-state index < -0.39 is 5.97 Å². The van der Waals surface area contributed by atoms with Gasteiger partial charge in [-0.05, 0) is 31.3 Å². The van der Waals surface area contributed by atoms with Gasteiger partial charge in [0, 0.05) is 6.04 Å². The van der Waals surface area contributed by atoms with Crippen LogP contribution in [0.1, 0.15) is 48.2 Å². The highest BCUT2D eigenvalue weighted by atomic mass is 32.1. The Morgan fingerprint density at radius 2 is 2.00 bits per heavy atom. The van der Waals surface area contributed by atoms with Crippen molar-refractivity contribution in [2.75, 3.05) is 5.32 Å². The molecule has 1 aromatic rings.